The van der Waals surface area contributed by atoms with E-state index in [-0.39, 0.29) is 24.3 Å². The SMILES string of the molecule is COc1cccc(NC(=O)N2CCSC23C(=O)N(Cc2cccc(F)c2)c2ccccc23)c1. The molecular formula is C25H22FN3O3S. The fraction of sp³-hybridized carbons (Fsp3) is 0.200. The number of methoxy groups -OCH3 is 1. The average molecular weight is 464 g/mol. The van der Waals surface area contributed by atoms with Gasteiger partial charge in [0.05, 0.1) is 19.3 Å². The standard InChI is InChI=1S/C25H22FN3O3S/c1-32-20-9-5-8-19(15-20)27-24(31)29-12-13-33-25(29)21-10-2-3-11-22(21)28(23(25)30)16-17-6-4-7-18(26)14-17/h2-11,14-15H,12-13,16H2,1H3,(H,27,31). The van der Waals surface area contributed by atoms with Crippen molar-refractivity contribution in [3.63, 3.8) is 0 Å². The van der Waals surface area contributed by atoms with Gasteiger partial charge in [0.25, 0.3) is 5.91 Å². The van der Waals surface area contributed by atoms with E-state index < -0.39 is 4.87 Å². The highest BCUT2D eigenvalue weighted by Gasteiger charge is 2.59. The summed E-state index contributed by atoms with van der Waals surface area (Å²) in [6.07, 6.45) is 0. The number of nitrogens with one attached hydrogen (secondary N) is 1. The lowest BCUT2D eigenvalue weighted by Gasteiger charge is -2.33. The average Bonchev–Trinajstić information content (AvgIpc) is 3.37. The lowest BCUT2D eigenvalue weighted by Crippen LogP contribution is -2.51. The van der Waals surface area contributed by atoms with Crippen molar-refractivity contribution in [2.24, 2.45) is 0 Å². The van der Waals surface area contributed by atoms with Crippen molar-refractivity contribution in [2.75, 3.05) is 29.6 Å². The van der Waals surface area contributed by atoms with E-state index in [0.29, 0.717) is 29.3 Å². The summed E-state index contributed by atoms with van der Waals surface area (Å²) in [5.74, 6) is 0.703. The smallest absolute Gasteiger partial charge is 0.323 e. The number of hydrogen-bond donors (Lipinski definition) is 1. The number of amides is 3. The van der Waals surface area contributed by atoms with Gasteiger partial charge in [0.1, 0.15) is 11.6 Å². The summed E-state index contributed by atoms with van der Waals surface area (Å²) in [6.45, 7) is 0.648. The Hall–Kier alpha value is -3.52. The Morgan fingerprint density at radius 2 is 1.94 bits per heavy atom. The Morgan fingerprint density at radius 3 is 2.76 bits per heavy atom. The number of thioether (sulfide) groups is 1. The van der Waals surface area contributed by atoms with Crippen LogP contribution in [0.4, 0.5) is 20.6 Å². The summed E-state index contributed by atoms with van der Waals surface area (Å²) in [6, 6.07) is 20.5. The van der Waals surface area contributed by atoms with Gasteiger partial charge in [-0.05, 0) is 35.9 Å². The van der Waals surface area contributed by atoms with Crippen molar-refractivity contribution in [2.45, 2.75) is 11.4 Å². The van der Waals surface area contributed by atoms with Crippen LogP contribution >= 0.6 is 11.8 Å². The predicted octanol–water partition coefficient (Wildman–Crippen LogP) is 4.81. The van der Waals surface area contributed by atoms with Gasteiger partial charge in [0.2, 0.25) is 0 Å². The third-order valence-electron chi connectivity index (χ3n) is 5.90. The number of urea groups is 1. The second-order valence-corrected chi connectivity index (χ2v) is 9.13. The van der Waals surface area contributed by atoms with Crippen LogP contribution in [0.15, 0.2) is 72.8 Å². The third kappa shape index (κ3) is 3.60. The number of halogens is 1. The molecule has 3 aromatic carbocycles. The lowest BCUT2D eigenvalue weighted by molar-refractivity contribution is -0.123. The molecule has 0 aliphatic carbocycles. The highest BCUT2D eigenvalue weighted by atomic mass is 32.2. The van der Waals surface area contributed by atoms with Gasteiger partial charge < -0.3 is 15.0 Å². The number of fused-ring (bicyclic) bond motifs is 2. The van der Waals surface area contributed by atoms with E-state index in [1.807, 2.05) is 24.3 Å². The van der Waals surface area contributed by atoms with Gasteiger partial charge in [-0.25, -0.2) is 9.18 Å². The Labute approximate surface area is 195 Å². The van der Waals surface area contributed by atoms with Gasteiger partial charge in [0.15, 0.2) is 4.87 Å². The van der Waals surface area contributed by atoms with Gasteiger partial charge in [-0.2, -0.15) is 0 Å². The maximum absolute atomic E-state index is 13.9. The zero-order valence-electron chi connectivity index (χ0n) is 18.0. The number of rotatable bonds is 4. The number of carbonyl (C=O) groups excluding carboxylic acids is 2. The van der Waals surface area contributed by atoms with E-state index in [1.165, 1.54) is 23.9 Å². The van der Waals surface area contributed by atoms with Gasteiger partial charge in [0, 0.05) is 29.6 Å². The molecule has 0 aromatic heterocycles. The summed E-state index contributed by atoms with van der Waals surface area (Å²) in [4.78, 5) is 29.4. The maximum Gasteiger partial charge on any atom is 0.323 e. The molecule has 5 rings (SSSR count). The number of anilines is 2. The van der Waals surface area contributed by atoms with E-state index in [0.717, 1.165) is 11.3 Å². The van der Waals surface area contributed by atoms with E-state index in [1.54, 1.807) is 53.3 Å². The first kappa shape index (κ1) is 21.3. The fourth-order valence-corrected chi connectivity index (χ4v) is 5.90. The van der Waals surface area contributed by atoms with Crippen LogP contribution in [0, 0.1) is 5.82 Å². The summed E-state index contributed by atoms with van der Waals surface area (Å²) in [5.41, 5.74) is 2.78. The number of benzene rings is 3. The van der Waals surface area contributed by atoms with E-state index >= 15 is 0 Å². The van der Waals surface area contributed by atoms with Crippen LogP contribution < -0.4 is 15.0 Å². The van der Waals surface area contributed by atoms with Crippen molar-refractivity contribution in [1.29, 1.82) is 0 Å². The predicted molar refractivity (Wildman–Crippen MR) is 127 cm³/mol. The van der Waals surface area contributed by atoms with Crippen LogP contribution in [-0.4, -0.2) is 36.2 Å². The lowest BCUT2D eigenvalue weighted by atomic mass is 10.1. The molecule has 1 atom stereocenters. The molecule has 1 N–H and O–H groups in total. The van der Waals surface area contributed by atoms with Crippen LogP contribution in [-0.2, 0) is 16.2 Å². The molecule has 168 valence electrons. The molecule has 2 aliphatic rings. The molecule has 0 saturated carbocycles. The minimum atomic E-state index is -1.16. The van der Waals surface area contributed by atoms with Crippen molar-refractivity contribution in [3.05, 3.63) is 89.7 Å². The second-order valence-electron chi connectivity index (χ2n) is 7.84. The van der Waals surface area contributed by atoms with Crippen molar-refractivity contribution < 1.29 is 18.7 Å². The molecule has 1 saturated heterocycles. The highest BCUT2D eigenvalue weighted by molar-refractivity contribution is 8.01. The van der Waals surface area contributed by atoms with Gasteiger partial charge in [-0.3, -0.25) is 9.69 Å². The van der Waals surface area contributed by atoms with E-state index in [2.05, 4.69) is 5.32 Å². The van der Waals surface area contributed by atoms with Crippen LogP contribution in [0.2, 0.25) is 0 Å². The molecule has 0 radical (unpaired) electrons. The molecule has 2 heterocycles. The Bertz CT molecular complexity index is 1240. The minimum absolute atomic E-state index is 0.198. The largest absolute Gasteiger partial charge is 0.497 e. The molecule has 33 heavy (non-hydrogen) atoms. The van der Waals surface area contributed by atoms with Crippen molar-refractivity contribution in [1.82, 2.24) is 4.90 Å². The van der Waals surface area contributed by atoms with Crippen molar-refractivity contribution in [3.8, 4) is 5.75 Å². The van der Waals surface area contributed by atoms with Gasteiger partial charge in [-0.1, -0.05) is 36.4 Å². The Morgan fingerprint density at radius 1 is 1.12 bits per heavy atom. The van der Waals surface area contributed by atoms with Gasteiger partial charge >= 0.3 is 6.03 Å². The number of ether oxygens (including phenoxy) is 1. The van der Waals surface area contributed by atoms with Crippen LogP contribution in [0.3, 0.4) is 0 Å². The molecular weight excluding hydrogens is 441 g/mol. The Kier molecular flexibility index (Phi) is 5.46. The maximum atomic E-state index is 13.9. The quantitative estimate of drug-likeness (QED) is 0.603. The monoisotopic (exact) mass is 463 g/mol. The normalized spacial score (nSPS) is 19.2. The minimum Gasteiger partial charge on any atom is -0.497 e. The summed E-state index contributed by atoms with van der Waals surface area (Å²) < 4.78 is 19.0. The van der Waals surface area contributed by atoms with E-state index in [9.17, 15) is 14.0 Å². The first-order valence-corrected chi connectivity index (χ1v) is 11.5. The highest BCUT2D eigenvalue weighted by Crippen LogP contribution is 2.54. The molecule has 3 aromatic rings. The van der Waals surface area contributed by atoms with Crippen LogP contribution in [0.1, 0.15) is 11.1 Å². The molecule has 0 bridgehead atoms. The topological polar surface area (TPSA) is 61.9 Å². The molecule has 1 spiro atoms. The molecule has 3 amide bonds. The second kappa shape index (κ2) is 8.44. The zero-order chi connectivity index (χ0) is 23.0. The Balaban J connectivity index is 1.49. The fourth-order valence-electron chi connectivity index (χ4n) is 4.43. The van der Waals surface area contributed by atoms with Crippen LogP contribution in [0.5, 0.6) is 5.75 Å². The molecule has 2 aliphatic heterocycles. The van der Waals surface area contributed by atoms with Crippen LogP contribution in [0.25, 0.3) is 0 Å². The summed E-state index contributed by atoms with van der Waals surface area (Å²) in [5, 5.41) is 2.91. The number of para-hydroxylation sites is 1. The molecule has 8 heteroatoms. The first-order chi connectivity index (χ1) is 16.0. The number of carbonyl (C=O) groups is 2. The van der Waals surface area contributed by atoms with E-state index in [4.69, 9.17) is 4.74 Å². The molecule has 6 nitrogen and oxygen atoms in total. The third-order valence-corrected chi connectivity index (χ3v) is 7.32. The molecule has 1 fully saturated rings. The zero-order valence-corrected chi connectivity index (χ0v) is 18.8. The van der Waals surface area contributed by atoms with Crippen molar-refractivity contribution >= 4 is 35.1 Å². The summed E-state index contributed by atoms with van der Waals surface area (Å²) >= 11 is 1.45. The summed E-state index contributed by atoms with van der Waals surface area (Å²) in [7, 11) is 1.56. The van der Waals surface area contributed by atoms with Gasteiger partial charge in [-0.15, -0.1) is 11.8 Å². The first-order valence-electron chi connectivity index (χ1n) is 10.6. The molecule has 1 unspecified atom stereocenters. The number of nitrogens with zero attached hydrogens (tertiary/aromatic N) is 2. The number of hydrogen-bond acceptors (Lipinski definition) is 4.